The standard InChI is InChI=1S/C25H17F4NO2S/c26-18-10-7-16(8-11-18)22(30-19-12-9-15-4-1-2-5-17(15)14-19)21(24(32)25(27,28)29)23(31)20-6-3-13-33-20/h1-14,21-22,30H/t21-,22-/m1/s1. The smallest absolute Gasteiger partial charge is 0.377 e. The van der Waals surface area contributed by atoms with Crippen LogP contribution in [0.25, 0.3) is 10.8 Å². The first kappa shape index (κ1) is 22.7. The Morgan fingerprint density at radius 2 is 1.55 bits per heavy atom. The molecule has 168 valence electrons. The highest BCUT2D eigenvalue weighted by Crippen LogP contribution is 2.36. The van der Waals surface area contributed by atoms with Crippen molar-refractivity contribution < 1.29 is 27.2 Å². The molecule has 0 spiro atoms. The molecule has 0 aliphatic rings. The lowest BCUT2D eigenvalue weighted by atomic mass is 9.84. The molecule has 0 fully saturated rings. The van der Waals surface area contributed by atoms with Crippen LogP contribution < -0.4 is 5.32 Å². The number of anilines is 1. The molecule has 4 aromatic rings. The van der Waals surface area contributed by atoms with E-state index in [9.17, 15) is 27.2 Å². The second-order valence-electron chi connectivity index (χ2n) is 7.42. The van der Waals surface area contributed by atoms with Crippen molar-refractivity contribution >= 4 is 39.4 Å². The molecule has 1 aromatic heterocycles. The number of benzene rings is 3. The second kappa shape index (κ2) is 9.15. The van der Waals surface area contributed by atoms with Crippen LogP contribution in [0.4, 0.5) is 23.2 Å². The van der Waals surface area contributed by atoms with Gasteiger partial charge in [-0.3, -0.25) is 9.59 Å². The Bertz CT molecular complexity index is 1280. The summed E-state index contributed by atoms with van der Waals surface area (Å²) in [6, 6.07) is 18.8. The molecule has 1 N–H and O–H groups in total. The summed E-state index contributed by atoms with van der Waals surface area (Å²) in [5.74, 6) is -5.80. The van der Waals surface area contributed by atoms with E-state index in [-0.39, 0.29) is 10.4 Å². The fraction of sp³-hybridized carbons (Fsp3) is 0.120. The fourth-order valence-corrected chi connectivity index (χ4v) is 4.36. The maximum Gasteiger partial charge on any atom is 0.450 e. The summed E-state index contributed by atoms with van der Waals surface area (Å²) in [5, 5.41) is 6.23. The van der Waals surface area contributed by atoms with Crippen LogP contribution in [-0.4, -0.2) is 17.7 Å². The number of carbonyl (C=O) groups is 2. The zero-order chi connectivity index (χ0) is 23.6. The van der Waals surface area contributed by atoms with Crippen LogP contribution in [0.2, 0.25) is 0 Å². The molecule has 0 amide bonds. The number of ketones is 2. The van der Waals surface area contributed by atoms with Gasteiger partial charge in [-0.2, -0.15) is 13.2 Å². The Morgan fingerprint density at radius 3 is 2.18 bits per heavy atom. The zero-order valence-corrected chi connectivity index (χ0v) is 17.8. The number of rotatable bonds is 7. The molecule has 0 aliphatic heterocycles. The van der Waals surface area contributed by atoms with Gasteiger partial charge >= 0.3 is 6.18 Å². The summed E-state index contributed by atoms with van der Waals surface area (Å²) >= 11 is 0.954. The topological polar surface area (TPSA) is 46.2 Å². The molecule has 33 heavy (non-hydrogen) atoms. The highest BCUT2D eigenvalue weighted by molar-refractivity contribution is 7.12. The van der Waals surface area contributed by atoms with Crippen LogP contribution in [0, 0.1) is 11.7 Å². The fourth-order valence-electron chi connectivity index (χ4n) is 3.66. The highest BCUT2D eigenvalue weighted by atomic mass is 32.1. The third kappa shape index (κ3) is 4.96. The number of fused-ring (bicyclic) bond motifs is 1. The van der Waals surface area contributed by atoms with Gasteiger partial charge in [-0.25, -0.2) is 4.39 Å². The van der Waals surface area contributed by atoms with Crippen molar-refractivity contribution in [2.75, 3.05) is 5.32 Å². The number of carbonyl (C=O) groups excluding carboxylic acids is 2. The molecule has 1 heterocycles. The van der Waals surface area contributed by atoms with E-state index in [1.807, 2.05) is 24.3 Å². The number of thiophene rings is 1. The summed E-state index contributed by atoms with van der Waals surface area (Å²) in [7, 11) is 0. The van der Waals surface area contributed by atoms with Gasteiger partial charge in [-0.1, -0.05) is 48.5 Å². The predicted octanol–water partition coefficient (Wildman–Crippen LogP) is 6.82. The number of alkyl halides is 3. The summed E-state index contributed by atoms with van der Waals surface area (Å²) in [5.41, 5.74) is 0.596. The molecule has 2 atom stereocenters. The number of nitrogens with one attached hydrogen (secondary N) is 1. The van der Waals surface area contributed by atoms with Crippen molar-refractivity contribution in [2.45, 2.75) is 12.2 Å². The Morgan fingerprint density at radius 1 is 0.848 bits per heavy atom. The second-order valence-corrected chi connectivity index (χ2v) is 8.36. The molecule has 0 unspecified atom stereocenters. The van der Waals surface area contributed by atoms with Crippen molar-refractivity contribution in [1.29, 1.82) is 0 Å². The maximum absolute atomic E-state index is 13.6. The van der Waals surface area contributed by atoms with Crippen LogP contribution in [-0.2, 0) is 4.79 Å². The Labute approximate surface area is 190 Å². The number of Topliss-reactive ketones (excluding diaryl/α,β-unsaturated/α-hetero) is 2. The molecule has 0 aliphatic carbocycles. The first-order valence-corrected chi connectivity index (χ1v) is 10.8. The summed E-state index contributed by atoms with van der Waals surface area (Å²) < 4.78 is 54.4. The number of halogens is 4. The predicted molar refractivity (Wildman–Crippen MR) is 120 cm³/mol. The highest BCUT2D eigenvalue weighted by Gasteiger charge is 2.50. The maximum atomic E-state index is 13.6. The van der Waals surface area contributed by atoms with E-state index in [1.54, 1.807) is 23.6 Å². The molecule has 4 rings (SSSR count). The van der Waals surface area contributed by atoms with Crippen molar-refractivity contribution in [3.05, 3.63) is 101 Å². The molecular formula is C25H17F4NO2S. The first-order chi connectivity index (χ1) is 15.7. The van der Waals surface area contributed by atoms with Crippen molar-refractivity contribution in [3.63, 3.8) is 0 Å². The van der Waals surface area contributed by atoms with Gasteiger partial charge in [0.25, 0.3) is 0 Å². The first-order valence-electron chi connectivity index (χ1n) is 9.93. The van der Waals surface area contributed by atoms with E-state index in [4.69, 9.17) is 0 Å². The minimum atomic E-state index is -5.24. The summed E-state index contributed by atoms with van der Waals surface area (Å²) in [6.07, 6.45) is -5.24. The minimum Gasteiger partial charge on any atom is -0.377 e. The van der Waals surface area contributed by atoms with Crippen molar-refractivity contribution in [2.24, 2.45) is 5.92 Å². The van der Waals surface area contributed by atoms with Gasteiger partial charge in [0.05, 0.1) is 10.9 Å². The molecule has 0 bridgehead atoms. The number of hydrogen-bond acceptors (Lipinski definition) is 4. The lowest BCUT2D eigenvalue weighted by Crippen LogP contribution is -2.41. The van der Waals surface area contributed by atoms with Crippen LogP contribution in [0.3, 0.4) is 0 Å². The van der Waals surface area contributed by atoms with E-state index in [0.717, 1.165) is 34.2 Å². The molecular weight excluding hydrogens is 454 g/mol. The van der Waals surface area contributed by atoms with E-state index in [1.165, 1.54) is 24.3 Å². The van der Waals surface area contributed by atoms with Gasteiger partial charge < -0.3 is 5.32 Å². The summed E-state index contributed by atoms with van der Waals surface area (Å²) in [6.45, 7) is 0. The lowest BCUT2D eigenvalue weighted by Gasteiger charge is -2.28. The monoisotopic (exact) mass is 471 g/mol. The third-order valence-corrected chi connectivity index (χ3v) is 6.13. The molecule has 3 nitrogen and oxygen atoms in total. The summed E-state index contributed by atoms with van der Waals surface area (Å²) in [4.78, 5) is 25.7. The van der Waals surface area contributed by atoms with E-state index < -0.39 is 35.5 Å². The van der Waals surface area contributed by atoms with Gasteiger partial charge in [-0.05, 0) is 52.0 Å². The van der Waals surface area contributed by atoms with Crippen molar-refractivity contribution in [3.8, 4) is 0 Å². The molecule has 3 aromatic carbocycles. The van der Waals surface area contributed by atoms with Gasteiger partial charge in [0.1, 0.15) is 11.7 Å². The average Bonchev–Trinajstić information content (AvgIpc) is 3.33. The van der Waals surface area contributed by atoms with Crippen LogP contribution in [0.1, 0.15) is 21.3 Å². The van der Waals surface area contributed by atoms with E-state index in [2.05, 4.69) is 5.32 Å². The van der Waals surface area contributed by atoms with Crippen LogP contribution in [0.15, 0.2) is 84.2 Å². The SMILES string of the molecule is O=C(c1cccs1)[C@H](C(=O)C(F)(F)F)[C@H](Nc1ccc2ccccc2c1)c1ccc(F)cc1. The van der Waals surface area contributed by atoms with Gasteiger partial charge in [0, 0.05) is 5.69 Å². The van der Waals surface area contributed by atoms with E-state index in [0.29, 0.717) is 5.69 Å². The molecule has 0 saturated carbocycles. The van der Waals surface area contributed by atoms with Crippen molar-refractivity contribution in [1.82, 2.24) is 0 Å². The molecule has 8 heteroatoms. The van der Waals surface area contributed by atoms with Gasteiger partial charge in [0.15, 0.2) is 5.78 Å². The Kier molecular flexibility index (Phi) is 6.29. The Balaban J connectivity index is 1.83. The lowest BCUT2D eigenvalue weighted by molar-refractivity contribution is -0.174. The quantitative estimate of drug-likeness (QED) is 0.183. The minimum absolute atomic E-state index is 0.0324. The van der Waals surface area contributed by atoms with Gasteiger partial charge in [-0.15, -0.1) is 11.3 Å². The zero-order valence-electron chi connectivity index (χ0n) is 17.0. The van der Waals surface area contributed by atoms with E-state index >= 15 is 0 Å². The number of hydrogen-bond donors (Lipinski definition) is 1. The molecule has 0 radical (unpaired) electrons. The third-order valence-electron chi connectivity index (χ3n) is 5.24. The molecule has 0 saturated heterocycles. The normalized spacial score (nSPS) is 13.5. The largest absolute Gasteiger partial charge is 0.450 e. The van der Waals surface area contributed by atoms with Crippen LogP contribution >= 0.6 is 11.3 Å². The average molecular weight is 471 g/mol. The van der Waals surface area contributed by atoms with Gasteiger partial charge in [0.2, 0.25) is 5.78 Å². The van der Waals surface area contributed by atoms with Crippen LogP contribution in [0.5, 0.6) is 0 Å². The Hall–Kier alpha value is -3.52.